The molecule has 2 saturated heterocycles. The summed E-state index contributed by atoms with van der Waals surface area (Å²) in [5, 5.41) is 3.15. The first kappa shape index (κ1) is 17.4. The number of ether oxygens (including phenoxy) is 1. The minimum atomic E-state index is -0.174. The van der Waals surface area contributed by atoms with Crippen molar-refractivity contribution in [1.82, 2.24) is 10.2 Å². The molecule has 0 atom stereocenters. The number of rotatable bonds is 5. The Morgan fingerprint density at radius 2 is 1.96 bits per heavy atom. The second-order valence-corrected chi connectivity index (χ2v) is 7.01. The third kappa shape index (κ3) is 5.28. The van der Waals surface area contributed by atoms with Crippen molar-refractivity contribution in [3.8, 4) is 0 Å². The van der Waals surface area contributed by atoms with Crippen molar-refractivity contribution in [2.45, 2.75) is 44.7 Å². The van der Waals surface area contributed by atoms with Crippen LogP contribution in [0.1, 0.15) is 37.7 Å². The number of amides is 1. The van der Waals surface area contributed by atoms with Crippen LogP contribution < -0.4 is 5.32 Å². The van der Waals surface area contributed by atoms with E-state index in [9.17, 15) is 9.18 Å². The van der Waals surface area contributed by atoms with Gasteiger partial charge in [-0.05, 0) is 62.4 Å². The fourth-order valence-electron chi connectivity index (χ4n) is 3.63. The van der Waals surface area contributed by atoms with E-state index >= 15 is 0 Å². The highest BCUT2D eigenvalue weighted by Gasteiger charge is 2.23. The van der Waals surface area contributed by atoms with E-state index in [-0.39, 0.29) is 11.7 Å². The Labute approximate surface area is 143 Å². The number of nitrogens with one attached hydrogen (secondary N) is 1. The van der Waals surface area contributed by atoms with Gasteiger partial charge in [-0.3, -0.25) is 9.69 Å². The average Bonchev–Trinajstić information content (AvgIpc) is 2.57. The maximum absolute atomic E-state index is 13.2. The summed E-state index contributed by atoms with van der Waals surface area (Å²) in [4.78, 5) is 14.5. The fourth-order valence-corrected chi connectivity index (χ4v) is 3.63. The molecule has 0 bridgehead atoms. The summed E-state index contributed by atoms with van der Waals surface area (Å²) in [6.45, 7) is 4.25. The largest absolute Gasteiger partial charge is 0.381 e. The first-order valence-corrected chi connectivity index (χ1v) is 9.03. The molecule has 0 aromatic heterocycles. The van der Waals surface area contributed by atoms with Gasteiger partial charge < -0.3 is 10.1 Å². The van der Waals surface area contributed by atoms with Crippen LogP contribution in [0, 0.1) is 11.7 Å². The zero-order valence-electron chi connectivity index (χ0n) is 14.2. The van der Waals surface area contributed by atoms with Crippen LogP contribution in [0.15, 0.2) is 24.3 Å². The van der Waals surface area contributed by atoms with Crippen molar-refractivity contribution in [2.24, 2.45) is 5.92 Å². The van der Waals surface area contributed by atoms with Gasteiger partial charge in [0.25, 0.3) is 0 Å². The molecule has 2 heterocycles. The van der Waals surface area contributed by atoms with Gasteiger partial charge in [0.05, 0.1) is 0 Å². The number of hydrogen-bond donors (Lipinski definition) is 1. The van der Waals surface area contributed by atoms with E-state index in [0.717, 1.165) is 64.1 Å². The molecular weight excluding hydrogens is 307 g/mol. The molecule has 24 heavy (non-hydrogen) atoms. The lowest BCUT2D eigenvalue weighted by atomic mass is 9.92. The van der Waals surface area contributed by atoms with Crippen molar-refractivity contribution in [2.75, 3.05) is 26.3 Å². The molecule has 0 radical (unpaired) electrons. The first-order chi connectivity index (χ1) is 11.7. The number of hydrogen-bond acceptors (Lipinski definition) is 3. The van der Waals surface area contributed by atoms with Crippen LogP contribution >= 0.6 is 0 Å². The maximum atomic E-state index is 13.2. The number of carbonyl (C=O) groups excluding carboxylic acids is 1. The second-order valence-electron chi connectivity index (χ2n) is 7.01. The molecule has 2 aliphatic heterocycles. The topological polar surface area (TPSA) is 41.6 Å². The lowest BCUT2D eigenvalue weighted by Crippen LogP contribution is -2.41. The van der Waals surface area contributed by atoms with E-state index in [1.165, 1.54) is 6.07 Å². The van der Waals surface area contributed by atoms with Gasteiger partial charge in [0.1, 0.15) is 5.82 Å². The lowest BCUT2D eigenvalue weighted by molar-refractivity contribution is -0.123. The molecule has 132 valence electrons. The average molecular weight is 334 g/mol. The third-order valence-electron chi connectivity index (χ3n) is 5.06. The number of likely N-dealkylation sites (tertiary alicyclic amines) is 1. The van der Waals surface area contributed by atoms with E-state index in [1.54, 1.807) is 12.1 Å². The van der Waals surface area contributed by atoms with Crippen LogP contribution in [0.5, 0.6) is 0 Å². The molecule has 2 fully saturated rings. The highest BCUT2D eigenvalue weighted by Crippen LogP contribution is 2.22. The molecule has 0 spiro atoms. The first-order valence-electron chi connectivity index (χ1n) is 9.03. The molecule has 4 nitrogen and oxygen atoms in total. The van der Waals surface area contributed by atoms with Gasteiger partial charge in [0.2, 0.25) is 5.91 Å². The standard InChI is InChI=1S/C19H27FN2O2/c20-17-3-1-2-16(12-17)14-22-8-4-15(5-9-22)13-19(23)21-18-6-10-24-11-7-18/h1-3,12,15,18H,4-11,13-14H2,(H,21,23). The van der Waals surface area contributed by atoms with E-state index in [0.29, 0.717) is 18.4 Å². The zero-order valence-corrected chi connectivity index (χ0v) is 14.2. The highest BCUT2D eigenvalue weighted by atomic mass is 19.1. The summed E-state index contributed by atoms with van der Waals surface area (Å²) < 4.78 is 18.6. The quantitative estimate of drug-likeness (QED) is 0.900. The zero-order chi connectivity index (χ0) is 16.8. The van der Waals surface area contributed by atoms with Gasteiger partial charge in [-0.2, -0.15) is 0 Å². The van der Waals surface area contributed by atoms with Crippen molar-refractivity contribution in [1.29, 1.82) is 0 Å². The molecule has 2 aliphatic rings. The molecule has 1 N–H and O–H groups in total. The number of benzene rings is 1. The van der Waals surface area contributed by atoms with Crippen molar-refractivity contribution >= 4 is 5.91 Å². The van der Waals surface area contributed by atoms with Gasteiger partial charge in [-0.15, -0.1) is 0 Å². The summed E-state index contributed by atoms with van der Waals surface area (Å²) >= 11 is 0. The van der Waals surface area contributed by atoms with Crippen LogP contribution in [0.25, 0.3) is 0 Å². The van der Waals surface area contributed by atoms with Crippen molar-refractivity contribution in [3.05, 3.63) is 35.6 Å². The highest BCUT2D eigenvalue weighted by molar-refractivity contribution is 5.76. The number of nitrogens with zero attached hydrogens (tertiary/aromatic N) is 1. The predicted molar refractivity (Wildman–Crippen MR) is 91.0 cm³/mol. The van der Waals surface area contributed by atoms with Crippen LogP contribution in [-0.4, -0.2) is 43.2 Å². The monoisotopic (exact) mass is 334 g/mol. The summed E-state index contributed by atoms with van der Waals surface area (Å²) in [5.41, 5.74) is 1.02. The number of halogens is 1. The summed E-state index contributed by atoms with van der Waals surface area (Å²) in [7, 11) is 0. The molecule has 0 unspecified atom stereocenters. The fraction of sp³-hybridized carbons (Fsp3) is 0.632. The summed E-state index contributed by atoms with van der Waals surface area (Å²) in [5.74, 6) is 0.478. The molecule has 0 aliphatic carbocycles. The summed E-state index contributed by atoms with van der Waals surface area (Å²) in [6.07, 6.45) is 4.56. The molecule has 5 heteroatoms. The SMILES string of the molecule is O=C(CC1CCN(Cc2cccc(F)c2)CC1)NC1CCOCC1. The Kier molecular flexibility index (Phi) is 6.21. The maximum Gasteiger partial charge on any atom is 0.220 e. The van der Waals surface area contributed by atoms with Gasteiger partial charge in [0, 0.05) is 32.2 Å². The smallest absolute Gasteiger partial charge is 0.220 e. The van der Waals surface area contributed by atoms with Gasteiger partial charge >= 0.3 is 0 Å². The Morgan fingerprint density at radius 1 is 1.21 bits per heavy atom. The lowest BCUT2D eigenvalue weighted by Gasteiger charge is -2.32. The van der Waals surface area contributed by atoms with Crippen LogP contribution in [0.4, 0.5) is 4.39 Å². The van der Waals surface area contributed by atoms with E-state index < -0.39 is 0 Å². The Balaban J connectivity index is 1.37. The normalized spacial score (nSPS) is 20.9. The molecule has 0 saturated carbocycles. The summed E-state index contributed by atoms with van der Waals surface area (Å²) in [6, 6.07) is 7.11. The third-order valence-corrected chi connectivity index (χ3v) is 5.06. The van der Waals surface area contributed by atoms with Crippen LogP contribution in [0.2, 0.25) is 0 Å². The molecule has 3 rings (SSSR count). The number of piperidine rings is 1. The Bertz CT molecular complexity index is 538. The van der Waals surface area contributed by atoms with Crippen LogP contribution in [-0.2, 0) is 16.1 Å². The minimum absolute atomic E-state index is 0.174. The van der Waals surface area contributed by atoms with E-state index in [1.807, 2.05) is 6.07 Å². The Morgan fingerprint density at radius 3 is 2.67 bits per heavy atom. The van der Waals surface area contributed by atoms with Crippen molar-refractivity contribution in [3.63, 3.8) is 0 Å². The van der Waals surface area contributed by atoms with Gasteiger partial charge in [-0.25, -0.2) is 4.39 Å². The van der Waals surface area contributed by atoms with Crippen molar-refractivity contribution < 1.29 is 13.9 Å². The van der Waals surface area contributed by atoms with E-state index in [2.05, 4.69) is 10.2 Å². The number of carbonyl (C=O) groups is 1. The molecular formula is C19H27FN2O2. The Hall–Kier alpha value is -1.46. The molecule has 1 amide bonds. The van der Waals surface area contributed by atoms with E-state index in [4.69, 9.17) is 4.74 Å². The second kappa shape index (κ2) is 8.58. The van der Waals surface area contributed by atoms with Crippen LogP contribution in [0.3, 0.4) is 0 Å². The molecule has 1 aromatic rings. The minimum Gasteiger partial charge on any atom is -0.381 e. The van der Waals surface area contributed by atoms with Gasteiger partial charge in [0.15, 0.2) is 0 Å². The molecule has 1 aromatic carbocycles. The predicted octanol–water partition coefficient (Wildman–Crippen LogP) is 2.72. The van der Waals surface area contributed by atoms with Gasteiger partial charge in [-0.1, -0.05) is 12.1 Å².